The summed E-state index contributed by atoms with van der Waals surface area (Å²) < 4.78 is 4.95. The van der Waals surface area contributed by atoms with Crippen molar-refractivity contribution in [1.29, 1.82) is 0 Å². The molecule has 13 heavy (non-hydrogen) atoms. The van der Waals surface area contributed by atoms with Crippen LogP contribution in [0.3, 0.4) is 0 Å². The third kappa shape index (κ3) is 3.78. The predicted molar refractivity (Wildman–Crippen MR) is 44.4 cm³/mol. The molecule has 5 nitrogen and oxygen atoms in total. The number of rotatable bonds is 3. The average Bonchev–Trinajstić information content (AvgIpc) is 2.53. The van der Waals surface area contributed by atoms with Crippen molar-refractivity contribution in [3.8, 4) is 0 Å². The van der Waals surface area contributed by atoms with Gasteiger partial charge in [0.25, 0.3) is 0 Å². The monoisotopic (exact) mass is 187 g/mol. The van der Waals surface area contributed by atoms with Gasteiger partial charge in [0.1, 0.15) is 12.6 Å². The molecule has 0 saturated heterocycles. The first-order valence-electron chi connectivity index (χ1n) is 4.35. The highest BCUT2D eigenvalue weighted by Crippen LogP contribution is 2.20. The highest BCUT2D eigenvalue weighted by Gasteiger charge is 2.18. The number of hydrogen-bond donors (Lipinski definition) is 2. The van der Waals surface area contributed by atoms with Crippen LogP contribution in [0.15, 0.2) is 0 Å². The summed E-state index contributed by atoms with van der Waals surface area (Å²) in [4.78, 5) is 21.0. The number of carbonyl (C=O) groups excluding carboxylic acids is 1. The largest absolute Gasteiger partial charge is 0.480 e. The maximum atomic E-state index is 10.9. The lowest BCUT2D eigenvalue weighted by molar-refractivity contribution is -0.135. The fourth-order valence-electron chi connectivity index (χ4n) is 1.35. The van der Waals surface area contributed by atoms with E-state index in [4.69, 9.17) is 9.84 Å². The van der Waals surface area contributed by atoms with Gasteiger partial charge in [-0.3, -0.25) is 4.79 Å². The number of amides is 1. The molecule has 0 aromatic heterocycles. The van der Waals surface area contributed by atoms with E-state index in [2.05, 4.69) is 5.32 Å². The van der Waals surface area contributed by atoms with Gasteiger partial charge in [0, 0.05) is 0 Å². The van der Waals surface area contributed by atoms with E-state index in [0.717, 1.165) is 25.7 Å². The van der Waals surface area contributed by atoms with Gasteiger partial charge in [-0.25, -0.2) is 4.79 Å². The van der Waals surface area contributed by atoms with Crippen LogP contribution >= 0.6 is 0 Å². The summed E-state index contributed by atoms with van der Waals surface area (Å²) >= 11 is 0. The Labute approximate surface area is 76.1 Å². The van der Waals surface area contributed by atoms with E-state index < -0.39 is 12.1 Å². The first-order valence-corrected chi connectivity index (χ1v) is 4.35. The van der Waals surface area contributed by atoms with Gasteiger partial charge in [0.05, 0.1) is 0 Å². The molecule has 2 N–H and O–H groups in total. The molecule has 0 aliphatic heterocycles. The van der Waals surface area contributed by atoms with Crippen LogP contribution in [0, 0.1) is 0 Å². The number of carbonyl (C=O) groups is 2. The number of carboxylic acid groups (broad SMARTS) is 1. The molecule has 1 amide bonds. The molecule has 1 aliphatic carbocycles. The van der Waals surface area contributed by atoms with Gasteiger partial charge in [0.15, 0.2) is 0 Å². The molecule has 0 radical (unpaired) electrons. The van der Waals surface area contributed by atoms with Gasteiger partial charge in [-0.2, -0.15) is 0 Å². The van der Waals surface area contributed by atoms with Crippen molar-refractivity contribution in [1.82, 2.24) is 5.32 Å². The van der Waals surface area contributed by atoms with Crippen molar-refractivity contribution in [3.63, 3.8) is 0 Å². The molecule has 5 heteroatoms. The molecule has 1 saturated carbocycles. The summed E-state index contributed by atoms with van der Waals surface area (Å²) in [6, 6.07) is 0. The molecule has 0 heterocycles. The number of alkyl carbamates (subject to hydrolysis) is 1. The van der Waals surface area contributed by atoms with Crippen LogP contribution in [0.5, 0.6) is 0 Å². The topological polar surface area (TPSA) is 75.6 Å². The summed E-state index contributed by atoms with van der Waals surface area (Å²) in [7, 11) is 0. The average molecular weight is 187 g/mol. The number of nitrogens with one attached hydrogen (secondary N) is 1. The van der Waals surface area contributed by atoms with Crippen molar-refractivity contribution < 1.29 is 19.4 Å². The fourth-order valence-corrected chi connectivity index (χ4v) is 1.35. The second kappa shape index (κ2) is 4.69. The van der Waals surface area contributed by atoms with Gasteiger partial charge in [0.2, 0.25) is 0 Å². The summed E-state index contributed by atoms with van der Waals surface area (Å²) in [5.41, 5.74) is 0. The van der Waals surface area contributed by atoms with Crippen molar-refractivity contribution in [3.05, 3.63) is 0 Å². The van der Waals surface area contributed by atoms with Crippen LogP contribution in [0.2, 0.25) is 0 Å². The van der Waals surface area contributed by atoms with Crippen LogP contribution in [0.1, 0.15) is 25.7 Å². The van der Waals surface area contributed by atoms with E-state index in [1.165, 1.54) is 0 Å². The molecule has 1 fully saturated rings. The van der Waals surface area contributed by atoms with E-state index in [-0.39, 0.29) is 12.6 Å². The molecule has 74 valence electrons. The zero-order valence-corrected chi connectivity index (χ0v) is 7.28. The molecule has 0 atom stereocenters. The Hall–Kier alpha value is -1.26. The maximum absolute atomic E-state index is 10.9. The minimum absolute atomic E-state index is 0.0196. The van der Waals surface area contributed by atoms with Crippen molar-refractivity contribution >= 4 is 12.1 Å². The number of aliphatic carboxylic acids is 1. The summed E-state index contributed by atoms with van der Waals surface area (Å²) in [6.07, 6.45) is 3.29. The van der Waals surface area contributed by atoms with Gasteiger partial charge in [-0.1, -0.05) is 0 Å². The Kier molecular flexibility index (Phi) is 3.54. The number of carboxylic acids is 1. The van der Waals surface area contributed by atoms with Crippen molar-refractivity contribution in [2.75, 3.05) is 6.54 Å². The van der Waals surface area contributed by atoms with Gasteiger partial charge < -0.3 is 15.2 Å². The van der Waals surface area contributed by atoms with Gasteiger partial charge in [-0.05, 0) is 25.7 Å². The van der Waals surface area contributed by atoms with Crippen LogP contribution in [-0.2, 0) is 9.53 Å². The highest BCUT2D eigenvalue weighted by molar-refractivity contribution is 5.76. The fraction of sp³-hybridized carbons (Fsp3) is 0.750. The molecule has 1 rings (SSSR count). The first-order chi connectivity index (χ1) is 6.18. The van der Waals surface area contributed by atoms with Gasteiger partial charge >= 0.3 is 12.1 Å². The number of hydrogen-bond acceptors (Lipinski definition) is 3. The van der Waals surface area contributed by atoms with Crippen molar-refractivity contribution in [2.24, 2.45) is 0 Å². The molecule has 0 aromatic carbocycles. The molecule has 1 aliphatic rings. The normalized spacial score (nSPS) is 16.9. The molecular formula is C8H13NO4. The summed E-state index contributed by atoms with van der Waals surface area (Å²) in [5.74, 6) is -1.07. The number of ether oxygens (including phenoxy) is 1. The first kappa shape index (κ1) is 9.83. The van der Waals surface area contributed by atoms with Crippen LogP contribution in [0.4, 0.5) is 4.79 Å². The van der Waals surface area contributed by atoms with Crippen LogP contribution in [-0.4, -0.2) is 29.8 Å². The van der Waals surface area contributed by atoms with Crippen LogP contribution in [0.25, 0.3) is 0 Å². The van der Waals surface area contributed by atoms with Gasteiger partial charge in [-0.15, -0.1) is 0 Å². The molecular weight excluding hydrogens is 174 g/mol. The minimum atomic E-state index is -1.07. The zero-order valence-electron chi connectivity index (χ0n) is 7.28. The second-order valence-corrected chi connectivity index (χ2v) is 3.06. The molecule has 0 bridgehead atoms. The smallest absolute Gasteiger partial charge is 0.407 e. The van der Waals surface area contributed by atoms with Crippen LogP contribution < -0.4 is 5.32 Å². The minimum Gasteiger partial charge on any atom is -0.480 e. The third-order valence-corrected chi connectivity index (χ3v) is 1.96. The van der Waals surface area contributed by atoms with E-state index in [1.807, 2.05) is 0 Å². The lowest BCUT2D eigenvalue weighted by Gasteiger charge is -2.10. The Balaban J connectivity index is 2.13. The lowest BCUT2D eigenvalue weighted by Crippen LogP contribution is -2.32. The third-order valence-electron chi connectivity index (χ3n) is 1.96. The highest BCUT2D eigenvalue weighted by atomic mass is 16.6. The Morgan fingerprint density at radius 3 is 2.54 bits per heavy atom. The molecule has 0 spiro atoms. The second-order valence-electron chi connectivity index (χ2n) is 3.06. The maximum Gasteiger partial charge on any atom is 0.407 e. The predicted octanol–water partition coefficient (Wildman–Crippen LogP) is 0.740. The summed E-state index contributed by atoms with van der Waals surface area (Å²) in [6.45, 7) is -0.383. The zero-order chi connectivity index (χ0) is 9.68. The SMILES string of the molecule is O=C(O)CNC(=O)OC1CCCC1. The Morgan fingerprint density at radius 2 is 2.00 bits per heavy atom. The molecule has 0 aromatic rings. The quantitative estimate of drug-likeness (QED) is 0.683. The van der Waals surface area contributed by atoms with E-state index in [1.54, 1.807) is 0 Å². The Morgan fingerprint density at radius 1 is 1.38 bits per heavy atom. The Bertz CT molecular complexity index is 198. The van der Waals surface area contributed by atoms with Crippen molar-refractivity contribution in [2.45, 2.75) is 31.8 Å². The van der Waals surface area contributed by atoms with E-state index >= 15 is 0 Å². The van der Waals surface area contributed by atoms with E-state index in [9.17, 15) is 9.59 Å². The van der Waals surface area contributed by atoms with E-state index in [0.29, 0.717) is 0 Å². The lowest BCUT2D eigenvalue weighted by atomic mass is 10.3. The standard InChI is InChI=1S/C8H13NO4/c10-7(11)5-9-8(12)13-6-3-1-2-4-6/h6H,1-5H2,(H,9,12)(H,10,11). The summed E-state index contributed by atoms with van der Waals surface area (Å²) in [5, 5.41) is 10.4. The molecule has 0 unspecified atom stereocenters.